The predicted molar refractivity (Wildman–Crippen MR) is 124 cm³/mol. The molecule has 2 amide bonds. The van der Waals surface area contributed by atoms with E-state index in [1.165, 1.54) is 0 Å². The molecule has 0 fully saturated rings. The van der Waals surface area contributed by atoms with Gasteiger partial charge < -0.3 is 20.7 Å². The van der Waals surface area contributed by atoms with E-state index in [0.29, 0.717) is 24.5 Å². The molecule has 0 spiro atoms. The number of carbonyl (C=O) groups excluding carboxylic acids is 2. The second-order valence-electron chi connectivity index (χ2n) is 7.05. The fourth-order valence-electron chi connectivity index (χ4n) is 3.00. The highest BCUT2D eigenvalue weighted by Crippen LogP contribution is 2.26. The Morgan fingerprint density at radius 2 is 1.42 bits per heavy atom. The summed E-state index contributed by atoms with van der Waals surface area (Å²) in [5.41, 5.74) is 4.07. The number of benzene rings is 3. The Kier molecular flexibility index (Phi) is 7.65. The zero-order valence-corrected chi connectivity index (χ0v) is 17.8. The molecule has 0 aliphatic rings. The number of hydrogen-bond donors (Lipinski definition) is 3. The van der Waals surface area contributed by atoms with Crippen molar-refractivity contribution in [1.82, 2.24) is 0 Å². The third kappa shape index (κ3) is 6.34. The van der Waals surface area contributed by atoms with Gasteiger partial charge in [-0.25, -0.2) is 0 Å². The molecule has 31 heavy (non-hydrogen) atoms. The summed E-state index contributed by atoms with van der Waals surface area (Å²) in [6.45, 7) is 4.21. The van der Waals surface area contributed by atoms with Crippen LogP contribution in [0.5, 0.6) is 5.75 Å². The molecule has 0 atom stereocenters. The third-order valence-electron chi connectivity index (χ3n) is 4.77. The minimum absolute atomic E-state index is 0.0508. The lowest BCUT2D eigenvalue weighted by Crippen LogP contribution is -2.22. The Morgan fingerprint density at radius 3 is 2.19 bits per heavy atom. The standard InChI is InChI=1S/C25H27N3O3/c1-3-24(29)27-21-14-9-13-20(18(21)2)26-16-25(30)28-22-12-7-8-15-23(22)31-17-19-10-5-4-6-11-19/h4-15,26H,3,16-17H2,1-2H3,(H,27,29)(H,28,30). The lowest BCUT2D eigenvalue weighted by atomic mass is 10.1. The van der Waals surface area contributed by atoms with E-state index in [1.54, 1.807) is 6.92 Å². The molecule has 3 aromatic carbocycles. The van der Waals surface area contributed by atoms with Gasteiger partial charge in [0.2, 0.25) is 11.8 Å². The van der Waals surface area contributed by atoms with E-state index in [9.17, 15) is 9.59 Å². The molecule has 0 aromatic heterocycles. The van der Waals surface area contributed by atoms with Crippen molar-refractivity contribution >= 4 is 28.9 Å². The van der Waals surface area contributed by atoms with Crippen LogP contribution in [0.4, 0.5) is 17.1 Å². The minimum Gasteiger partial charge on any atom is -0.487 e. The summed E-state index contributed by atoms with van der Waals surface area (Å²) >= 11 is 0. The van der Waals surface area contributed by atoms with Crippen molar-refractivity contribution in [3.8, 4) is 5.75 Å². The quantitative estimate of drug-likeness (QED) is 0.459. The van der Waals surface area contributed by atoms with E-state index in [1.807, 2.05) is 79.7 Å². The van der Waals surface area contributed by atoms with Crippen molar-refractivity contribution in [2.75, 3.05) is 22.5 Å². The van der Waals surface area contributed by atoms with Gasteiger partial charge in [-0.05, 0) is 42.3 Å². The van der Waals surface area contributed by atoms with Crippen molar-refractivity contribution in [3.63, 3.8) is 0 Å². The molecule has 6 nitrogen and oxygen atoms in total. The summed E-state index contributed by atoms with van der Waals surface area (Å²) < 4.78 is 5.89. The van der Waals surface area contributed by atoms with Crippen molar-refractivity contribution in [1.29, 1.82) is 0 Å². The monoisotopic (exact) mass is 417 g/mol. The molecule has 0 bridgehead atoms. The van der Waals surface area contributed by atoms with Crippen LogP contribution in [0.25, 0.3) is 0 Å². The van der Waals surface area contributed by atoms with E-state index in [-0.39, 0.29) is 18.4 Å². The summed E-state index contributed by atoms with van der Waals surface area (Å²) in [7, 11) is 0. The third-order valence-corrected chi connectivity index (χ3v) is 4.77. The Balaban J connectivity index is 1.59. The summed E-state index contributed by atoms with van der Waals surface area (Å²) in [5.74, 6) is 0.364. The minimum atomic E-state index is -0.196. The number of rotatable bonds is 9. The molecule has 6 heteroatoms. The molecular weight excluding hydrogens is 390 g/mol. The van der Waals surface area contributed by atoms with Gasteiger partial charge in [0.1, 0.15) is 12.4 Å². The van der Waals surface area contributed by atoms with Crippen LogP contribution in [-0.2, 0) is 16.2 Å². The number of ether oxygens (including phenoxy) is 1. The predicted octanol–water partition coefficient (Wildman–Crippen LogP) is 4.97. The van der Waals surface area contributed by atoms with Gasteiger partial charge in [0.25, 0.3) is 0 Å². The molecule has 160 valence electrons. The summed E-state index contributed by atoms with van der Waals surface area (Å²) in [4.78, 5) is 24.2. The summed E-state index contributed by atoms with van der Waals surface area (Å²) in [6, 6.07) is 22.8. The van der Waals surface area contributed by atoms with Crippen LogP contribution in [-0.4, -0.2) is 18.4 Å². The Morgan fingerprint density at radius 1 is 0.774 bits per heavy atom. The number of hydrogen-bond acceptors (Lipinski definition) is 4. The maximum Gasteiger partial charge on any atom is 0.243 e. The number of para-hydroxylation sites is 2. The second kappa shape index (κ2) is 10.8. The van der Waals surface area contributed by atoms with Crippen LogP contribution in [0.3, 0.4) is 0 Å². The first kappa shape index (κ1) is 21.9. The molecule has 3 rings (SSSR count). The van der Waals surface area contributed by atoms with Crippen LogP contribution in [0, 0.1) is 6.92 Å². The second-order valence-corrected chi connectivity index (χ2v) is 7.05. The molecule has 3 aromatic rings. The van der Waals surface area contributed by atoms with Crippen molar-refractivity contribution in [2.24, 2.45) is 0 Å². The van der Waals surface area contributed by atoms with Gasteiger partial charge in [0.15, 0.2) is 0 Å². The molecule has 0 aliphatic heterocycles. The highest BCUT2D eigenvalue weighted by Gasteiger charge is 2.10. The zero-order valence-electron chi connectivity index (χ0n) is 17.8. The smallest absolute Gasteiger partial charge is 0.243 e. The number of nitrogens with one attached hydrogen (secondary N) is 3. The zero-order chi connectivity index (χ0) is 22.1. The van der Waals surface area contributed by atoms with Gasteiger partial charge >= 0.3 is 0 Å². The summed E-state index contributed by atoms with van der Waals surface area (Å²) in [6.07, 6.45) is 0.408. The van der Waals surface area contributed by atoms with Gasteiger partial charge in [-0.2, -0.15) is 0 Å². The summed E-state index contributed by atoms with van der Waals surface area (Å²) in [5, 5.41) is 8.90. The van der Waals surface area contributed by atoms with E-state index < -0.39 is 0 Å². The molecular formula is C25H27N3O3. The molecule has 0 saturated carbocycles. The van der Waals surface area contributed by atoms with Crippen molar-refractivity contribution in [3.05, 3.63) is 83.9 Å². The first-order valence-electron chi connectivity index (χ1n) is 10.3. The van der Waals surface area contributed by atoms with Gasteiger partial charge in [0, 0.05) is 17.8 Å². The number of carbonyl (C=O) groups is 2. The average molecular weight is 418 g/mol. The molecule has 0 heterocycles. The maximum absolute atomic E-state index is 12.5. The molecule has 0 unspecified atom stereocenters. The number of anilines is 3. The molecule has 0 radical (unpaired) electrons. The highest BCUT2D eigenvalue weighted by atomic mass is 16.5. The first-order valence-corrected chi connectivity index (χ1v) is 10.3. The topological polar surface area (TPSA) is 79.5 Å². The Labute approximate surface area is 182 Å². The SMILES string of the molecule is CCC(=O)Nc1cccc(NCC(=O)Nc2ccccc2OCc2ccccc2)c1C. The Bertz CT molecular complexity index is 1040. The number of amides is 2. The average Bonchev–Trinajstić information content (AvgIpc) is 2.79. The van der Waals surface area contributed by atoms with Gasteiger partial charge in [-0.3, -0.25) is 9.59 Å². The van der Waals surface area contributed by atoms with Crippen LogP contribution < -0.4 is 20.7 Å². The molecule has 3 N–H and O–H groups in total. The van der Waals surface area contributed by atoms with E-state index in [0.717, 1.165) is 22.5 Å². The normalized spacial score (nSPS) is 10.3. The van der Waals surface area contributed by atoms with E-state index in [2.05, 4.69) is 16.0 Å². The van der Waals surface area contributed by atoms with Gasteiger partial charge in [-0.15, -0.1) is 0 Å². The van der Waals surface area contributed by atoms with Crippen LogP contribution in [0.2, 0.25) is 0 Å². The fraction of sp³-hybridized carbons (Fsp3) is 0.200. The van der Waals surface area contributed by atoms with E-state index in [4.69, 9.17) is 4.74 Å². The van der Waals surface area contributed by atoms with Crippen LogP contribution in [0.1, 0.15) is 24.5 Å². The fourth-order valence-corrected chi connectivity index (χ4v) is 3.00. The highest BCUT2D eigenvalue weighted by molar-refractivity contribution is 5.96. The first-order chi connectivity index (χ1) is 15.1. The van der Waals surface area contributed by atoms with Gasteiger partial charge in [0.05, 0.1) is 12.2 Å². The molecule has 0 aliphatic carbocycles. The van der Waals surface area contributed by atoms with Crippen LogP contribution >= 0.6 is 0 Å². The lowest BCUT2D eigenvalue weighted by molar-refractivity contribution is -0.116. The lowest BCUT2D eigenvalue weighted by Gasteiger charge is -2.15. The van der Waals surface area contributed by atoms with Crippen molar-refractivity contribution < 1.29 is 14.3 Å². The van der Waals surface area contributed by atoms with Gasteiger partial charge in [-0.1, -0.05) is 55.5 Å². The maximum atomic E-state index is 12.5. The van der Waals surface area contributed by atoms with Crippen molar-refractivity contribution in [2.45, 2.75) is 26.9 Å². The largest absolute Gasteiger partial charge is 0.487 e. The molecule has 0 saturated heterocycles. The van der Waals surface area contributed by atoms with E-state index >= 15 is 0 Å². The Hall–Kier alpha value is -3.80. The van der Waals surface area contributed by atoms with Crippen LogP contribution in [0.15, 0.2) is 72.8 Å².